The normalized spacial score (nSPS) is 15.8. The van der Waals surface area contributed by atoms with E-state index in [1.54, 1.807) is 13.8 Å². The van der Waals surface area contributed by atoms with Gasteiger partial charge in [0.25, 0.3) is 10.0 Å². The van der Waals surface area contributed by atoms with Gasteiger partial charge in [0.15, 0.2) is 4.21 Å². The Bertz CT molecular complexity index is 531. The van der Waals surface area contributed by atoms with E-state index in [0.717, 1.165) is 0 Å². The molecule has 2 unspecified atom stereocenters. The second kappa shape index (κ2) is 5.30. The number of rotatable bonds is 5. The minimum atomic E-state index is -3.70. The van der Waals surface area contributed by atoms with Crippen LogP contribution < -0.4 is 9.60 Å². The molecule has 17 heavy (non-hydrogen) atoms. The van der Waals surface area contributed by atoms with Crippen LogP contribution in [0.15, 0.2) is 9.00 Å². The molecule has 6 nitrogen and oxygen atoms in total. The summed E-state index contributed by atoms with van der Waals surface area (Å²) in [4.78, 5) is 13.1. The Morgan fingerprint density at radius 3 is 2.47 bits per heavy atom. The van der Waals surface area contributed by atoms with Crippen molar-refractivity contribution in [2.45, 2.75) is 31.0 Å². The van der Waals surface area contributed by atoms with Crippen molar-refractivity contribution in [3.05, 3.63) is 15.4 Å². The smallest absolute Gasteiger partial charge is 0.305 e. The first kappa shape index (κ1) is 14.4. The van der Waals surface area contributed by atoms with Gasteiger partial charge in [-0.25, -0.2) is 13.1 Å². The lowest BCUT2D eigenvalue weighted by Gasteiger charge is -2.18. The van der Waals surface area contributed by atoms with Crippen molar-refractivity contribution in [2.24, 2.45) is 5.92 Å². The van der Waals surface area contributed by atoms with Crippen LogP contribution in [-0.2, 0) is 10.0 Å². The number of hydrogen-bond acceptors (Lipinski definition) is 5. The highest BCUT2D eigenvalue weighted by atomic mass is 32.2. The number of aromatic nitrogens is 1. The van der Waals surface area contributed by atoms with Crippen LogP contribution in [0.3, 0.4) is 0 Å². The molecule has 0 saturated heterocycles. The molecule has 0 saturated carbocycles. The molecule has 2 atom stereocenters. The van der Waals surface area contributed by atoms with Gasteiger partial charge in [0, 0.05) is 18.3 Å². The fourth-order valence-electron chi connectivity index (χ4n) is 1.22. The van der Waals surface area contributed by atoms with Gasteiger partial charge in [-0.2, -0.15) is 0 Å². The van der Waals surface area contributed by atoms with Crippen molar-refractivity contribution in [3.63, 3.8) is 0 Å². The molecule has 0 aliphatic carbocycles. The van der Waals surface area contributed by atoms with E-state index in [-0.39, 0.29) is 16.7 Å². The number of aryl methyl sites for hydroxylation is 1. The molecule has 1 heterocycles. The van der Waals surface area contributed by atoms with E-state index in [4.69, 9.17) is 5.11 Å². The lowest BCUT2D eigenvalue weighted by atomic mass is 10.1. The number of aliphatic hydroxyl groups is 1. The molecule has 3 N–H and O–H groups in total. The van der Waals surface area contributed by atoms with Gasteiger partial charge >= 0.3 is 4.87 Å². The highest BCUT2D eigenvalue weighted by Gasteiger charge is 2.24. The highest BCUT2D eigenvalue weighted by molar-refractivity contribution is 7.91. The summed E-state index contributed by atoms with van der Waals surface area (Å²) in [6, 6.07) is -0.401. The Kier molecular flexibility index (Phi) is 4.48. The number of H-pyrrole nitrogens is 1. The summed E-state index contributed by atoms with van der Waals surface area (Å²) in [7, 11) is -3.70. The monoisotopic (exact) mass is 280 g/mol. The fraction of sp³-hybridized carbons (Fsp3) is 0.667. The van der Waals surface area contributed by atoms with E-state index in [9.17, 15) is 13.2 Å². The topological polar surface area (TPSA) is 99.3 Å². The van der Waals surface area contributed by atoms with Gasteiger partial charge in [-0.05, 0) is 19.8 Å². The third-order valence-electron chi connectivity index (χ3n) is 2.51. The second-order valence-electron chi connectivity index (χ2n) is 4.00. The van der Waals surface area contributed by atoms with Gasteiger partial charge < -0.3 is 10.1 Å². The molecule has 0 aromatic carbocycles. The summed E-state index contributed by atoms with van der Waals surface area (Å²) in [5, 5.41) is 8.94. The summed E-state index contributed by atoms with van der Waals surface area (Å²) in [5.41, 5.74) is 0.330. The third kappa shape index (κ3) is 3.38. The Balaban J connectivity index is 2.97. The number of sulfonamides is 1. The molecule has 0 bridgehead atoms. The number of aliphatic hydroxyl groups excluding tert-OH is 1. The van der Waals surface area contributed by atoms with Crippen molar-refractivity contribution in [1.82, 2.24) is 9.71 Å². The molecule has 8 heteroatoms. The lowest BCUT2D eigenvalue weighted by Crippen LogP contribution is -2.38. The zero-order chi connectivity index (χ0) is 13.2. The predicted molar refractivity (Wildman–Crippen MR) is 65.7 cm³/mol. The maximum Gasteiger partial charge on any atom is 0.305 e. The molecule has 98 valence electrons. The predicted octanol–water partition coefficient (Wildman–Crippen LogP) is 0.0400. The third-order valence-corrected chi connectivity index (χ3v) is 5.67. The van der Waals surface area contributed by atoms with Crippen molar-refractivity contribution in [1.29, 1.82) is 0 Å². The van der Waals surface area contributed by atoms with Gasteiger partial charge in [-0.1, -0.05) is 18.3 Å². The van der Waals surface area contributed by atoms with E-state index in [2.05, 4.69) is 9.71 Å². The SMILES string of the molecule is Cc1[nH]c(=O)sc1S(=O)(=O)NC(C)C(C)CO. The lowest BCUT2D eigenvalue weighted by molar-refractivity contribution is 0.216. The molecule has 1 rings (SSSR count). The summed E-state index contributed by atoms with van der Waals surface area (Å²) in [5.74, 6) is -0.194. The van der Waals surface area contributed by atoms with Gasteiger partial charge in [-0.3, -0.25) is 4.79 Å². The summed E-state index contributed by atoms with van der Waals surface area (Å²) in [6.07, 6.45) is 0. The number of thiazole rings is 1. The number of hydrogen-bond donors (Lipinski definition) is 3. The molecule has 0 aliphatic rings. The summed E-state index contributed by atoms with van der Waals surface area (Å²) < 4.78 is 26.4. The van der Waals surface area contributed by atoms with Crippen LogP contribution in [0.25, 0.3) is 0 Å². The zero-order valence-corrected chi connectivity index (χ0v) is 11.5. The highest BCUT2D eigenvalue weighted by Crippen LogP contribution is 2.17. The van der Waals surface area contributed by atoms with Crippen LogP contribution in [0.5, 0.6) is 0 Å². The molecule has 1 aromatic rings. The average molecular weight is 280 g/mol. The molecular formula is C9H16N2O4S2. The number of aromatic amines is 1. The minimum absolute atomic E-state index is 0.000472. The molecule has 1 aromatic heterocycles. The molecule has 0 radical (unpaired) electrons. The second-order valence-corrected chi connectivity index (χ2v) is 6.89. The Morgan fingerprint density at radius 1 is 1.47 bits per heavy atom. The first-order valence-corrected chi connectivity index (χ1v) is 7.40. The van der Waals surface area contributed by atoms with Crippen molar-refractivity contribution in [3.8, 4) is 0 Å². The first-order valence-electron chi connectivity index (χ1n) is 5.11. The van der Waals surface area contributed by atoms with E-state index in [0.29, 0.717) is 17.0 Å². The molecule has 0 spiro atoms. The molecule has 0 fully saturated rings. The molecule has 0 aliphatic heterocycles. The van der Waals surface area contributed by atoms with Crippen LogP contribution >= 0.6 is 11.3 Å². The first-order chi connectivity index (χ1) is 7.77. The average Bonchev–Trinajstić information content (AvgIpc) is 2.56. The van der Waals surface area contributed by atoms with E-state index in [1.165, 1.54) is 6.92 Å². The van der Waals surface area contributed by atoms with Gasteiger partial charge in [-0.15, -0.1) is 0 Å². The van der Waals surface area contributed by atoms with Gasteiger partial charge in [0.05, 0.1) is 0 Å². The van der Waals surface area contributed by atoms with Crippen LogP contribution in [0, 0.1) is 12.8 Å². The Morgan fingerprint density at radius 2 is 2.06 bits per heavy atom. The van der Waals surface area contributed by atoms with Crippen molar-refractivity contribution < 1.29 is 13.5 Å². The van der Waals surface area contributed by atoms with E-state index in [1.807, 2.05) is 0 Å². The van der Waals surface area contributed by atoms with Gasteiger partial charge in [0.1, 0.15) is 0 Å². The van der Waals surface area contributed by atoms with E-state index < -0.39 is 20.9 Å². The standard InChI is InChI=1S/C9H16N2O4S2/c1-5(4-12)6(2)11-17(14,15)8-7(3)10-9(13)16-8/h5-6,11-12H,4H2,1-3H3,(H,10,13). The quantitative estimate of drug-likeness (QED) is 0.709. The van der Waals surface area contributed by atoms with Crippen molar-refractivity contribution in [2.75, 3.05) is 6.61 Å². The minimum Gasteiger partial charge on any atom is -0.396 e. The Labute approximate surface area is 104 Å². The maximum atomic E-state index is 12.0. The van der Waals surface area contributed by atoms with Crippen LogP contribution in [0.1, 0.15) is 19.5 Å². The number of nitrogens with one attached hydrogen (secondary N) is 2. The summed E-state index contributed by atoms with van der Waals surface area (Å²) in [6.45, 7) is 4.83. The maximum absolute atomic E-state index is 12.0. The van der Waals surface area contributed by atoms with Gasteiger partial charge in [0.2, 0.25) is 0 Å². The zero-order valence-electron chi connectivity index (χ0n) is 9.85. The van der Waals surface area contributed by atoms with Crippen LogP contribution in [-0.4, -0.2) is 31.2 Å². The van der Waals surface area contributed by atoms with Crippen LogP contribution in [0.4, 0.5) is 0 Å². The summed E-state index contributed by atoms with van der Waals surface area (Å²) >= 11 is 0.659. The fourth-order valence-corrected chi connectivity index (χ4v) is 3.89. The Hall–Kier alpha value is -0.700. The van der Waals surface area contributed by atoms with E-state index >= 15 is 0 Å². The van der Waals surface area contributed by atoms with Crippen LogP contribution in [0.2, 0.25) is 0 Å². The van der Waals surface area contributed by atoms with Crippen molar-refractivity contribution >= 4 is 21.4 Å². The largest absolute Gasteiger partial charge is 0.396 e. The molecule has 0 amide bonds. The molecular weight excluding hydrogens is 264 g/mol.